The second-order valence-electron chi connectivity index (χ2n) is 4.05. The van der Waals surface area contributed by atoms with E-state index in [-0.39, 0.29) is 12.8 Å². The van der Waals surface area contributed by atoms with E-state index in [1.807, 2.05) is 19.1 Å². The molecule has 0 bridgehead atoms. The molecule has 2 N–H and O–H groups in total. The zero-order valence-corrected chi connectivity index (χ0v) is 9.66. The van der Waals surface area contributed by atoms with E-state index in [0.29, 0.717) is 5.75 Å². The Morgan fingerprint density at radius 3 is 2.94 bits per heavy atom. The van der Waals surface area contributed by atoms with Gasteiger partial charge in [0.25, 0.3) is 0 Å². The van der Waals surface area contributed by atoms with Crippen molar-refractivity contribution in [2.24, 2.45) is 5.73 Å². The van der Waals surface area contributed by atoms with Crippen LogP contribution in [-0.2, 0) is 6.42 Å². The maximum atomic E-state index is 5.74. The largest absolute Gasteiger partial charge is 0.493 e. The van der Waals surface area contributed by atoms with Crippen LogP contribution in [0.3, 0.4) is 0 Å². The maximum Gasteiger partial charge on any atom is 0.231 e. The molecule has 4 heteroatoms. The molecule has 0 aliphatic carbocycles. The Morgan fingerprint density at radius 1 is 1.44 bits per heavy atom. The summed E-state index contributed by atoms with van der Waals surface area (Å²) in [6.07, 6.45) is 1.87. The highest BCUT2D eigenvalue weighted by Gasteiger charge is 2.19. The fourth-order valence-corrected chi connectivity index (χ4v) is 1.72. The first-order chi connectivity index (χ1) is 7.70. The van der Waals surface area contributed by atoms with Crippen LogP contribution < -0.4 is 19.9 Å². The van der Waals surface area contributed by atoms with E-state index in [0.717, 1.165) is 24.3 Å². The van der Waals surface area contributed by atoms with Crippen molar-refractivity contribution in [3.63, 3.8) is 0 Å². The van der Waals surface area contributed by atoms with Gasteiger partial charge in [0, 0.05) is 6.04 Å². The molecule has 0 radical (unpaired) electrons. The van der Waals surface area contributed by atoms with E-state index < -0.39 is 0 Å². The van der Waals surface area contributed by atoms with Gasteiger partial charge in [-0.2, -0.15) is 0 Å². The molecule has 2 rings (SSSR count). The van der Waals surface area contributed by atoms with Gasteiger partial charge in [0.05, 0.1) is 7.11 Å². The molecule has 0 spiro atoms. The van der Waals surface area contributed by atoms with E-state index in [1.54, 1.807) is 7.11 Å². The minimum Gasteiger partial charge on any atom is -0.493 e. The molecule has 1 aliphatic heterocycles. The van der Waals surface area contributed by atoms with Crippen LogP contribution in [0.5, 0.6) is 17.2 Å². The highest BCUT2D eigenvalue weighted by atomic mass is 16.7. The number of ether oxygens (including phenoxy) is 3. The van der Waals surface area contributed by atoms with Crippen molar-refractivity contribution in [3.05, 3.63) is 17.7 Å². The van der Waals surface area contributed by atoms with Crippen LogP contribution in [-0.4, -0.2) is 19.9 Å². The van der Waals surface area contributed by atoms with Crippen molar-refractivity contribution >= 4 is 0 Å². The van der Waals surface area contributed by atoms with Gasteiger partial charge in [0.2, 0.25) is 12.5 Å². The quantitative estimate of drug-likeness (QED) is 0.844. The van der Waals surface area contributed by atoms with Crippen molar-refractivity contribution < 1.29 is 14.2 Å². The van der Waals surface area contributed by atoms with Crippen molar-refractivity contribution in [3.8, 4) is 17.2 Å². The van der Waals surface area contributed by atoms with Crippen LogP contribution in [0.25, 0.3) is 0 Å². The zero-order valence-electron chi connectivity index (χ0n) is 9.66. The summed E-state index contributed by atoms with van der Waals surface area (Å²) in [6, 6.07) is 4.18. The van der Waals surface area contributed by atoms with E-state index in [2.05, 4.69) is 0 Å². The van der Waals surface area contributed by atoms with Gasteiger partial charge in [-0.1, -0.05) is 0 Å². The lowest BCUT2D eigenvalue weighted by atomic mass is 10.1. The number of fused-ring (bicyclic) bond motifs is 1. The molecule has 1 aromatic carbocycles. The molecule has 0 aromatic heterocycles. The summed E-state index contributed by atoms with van der Waals surface area (Å²) in [7, 11) is 1.63. The van der Waals surface area contributed by atoms with Crippen LogP contribution in [0, 0.1) is 0 Å². The Balaban J connectivity index is 2.20. The van der Waals surface area contributed by atoms with Crippen LogP contribution >= 0.6 is 0 Å². The SMILES string of the molecule is COc1cc(CCC(C)N)cc2c1OCO2. The molecular formula is C12H17NO3. The van der Waals surface area contributed by atoms with E-state index in [4.69, 9.17) is 19.9 Å². The number of hydrogen-bond acceptors (Lipinski definition) is 4. The Labute approximate surface area is 95.3 Å². The third-order valence-corrected chi connectivity index (χ3v) is 2.61. The average molecular weight is 223 g/mol. The first kappa shape index (κ1) is 11.1. The zero-order chi connectivity index (χ0) is 11.5. The van der Waals surface area contributed by atoms with E-state index in [9.17, 15) is 0 Å². The molecule has 1 aromatic rings. The maximum absolute atomic E-state index is 5.74. The highest BCUT2D eigenvalue weighted by Crippen LogP contribution is 2.41. The van der Waals surface area contributed by atoms with Gasteiger partial charge >= 0.3 is 0 Å². The van der Waals surface area contributed by atoms with Gasteiger partial charge in [-0.05, 0) is 37.5 Å². The first-order valence-corrected chi connectivity index (χ1v) is 5.43. The molecular weight excluding hydrogens is 206 g/mol. The molecule has 0 saturated carbocycles. The second kappa shape index (κ2) is 4.61. The average Bonchev–Trinajstić information content (AvgIpc) is 2.73. The van der Waals surface area contributed by atoms with Gasteiger partial charge in [0.1, 0.15) is 0 Å². The summed E-state index contributed by atoms with van der Waals surface area (Å²) in [5.74, 6) is 2.20. The van der Waals surface area contributed by atoms with Gasteiger partial charge in [-0.15, -0.1) is 0 Å². The van der Waals surface area contributed by atoms with Crippen LogP contribution in [0.15, 0.2) is 12.1 Å². The predicted octanol–water partition coefficient (Wildman–Crippen LogP) is 1.70. The summed E-state index contributed by atoms with van der Waals surface area (Å²) < 4.78 is 16.0. The topological polar surface area (TPSA) is 53.7 Å². The molecule has 1 aliphatic rings. The summed E-state index contributed by atoms with van der Waals surface area (Å²) in [5, 5.41) is 0. The van der Waals surface area contributed by atoms with Gasteiger partial charge in [0.15, 0.2) is 11.5 Å². The summed E-state index contributed by atoms with van der Waals surface area (Å²) in [4.78, 5) is 0. The molecule has 16 heavy (non-hydrogen) atoms. The van der Waals surface area contributed by atoms with Crippen molar-refractivity contribution in [1.29, 1.82) is 0 Å². The fraction of sp³-hybridized carbons (Fsp3) is 0.500. The van der Waals surface area contributed by atoms with Crippen LogP contribution in [0.2, 0.25) is 0 Å². The molecule has 1 atom stereocenters. The van der Waals surface area contributed by atoms with Crippen molar-refractivity contribution in [1.82, 2.24) is 0 Å². The summed E-state index contributed by atoms with van der Waals surface area (Å²) in [6.45, 7) is 2.27. The molecule has 1 unspecified atom stereocenters. The molecule has 0 fully saturated rings. The second-order valence-corrected chi connectivity index (χ2v) is 4.05. The van der Waals surface area contributed by atoms with E-state index >= 15 is 0 Å². The summed E-state index contributed by atoms with van der Waals surface area (Å²) >= 11 is 0. The van der Waals surface area contributed by atoms with Gasteiger partial charge in [-0.25, -0.2) is 0 Å². The number of benzene rings is 1. The highest BCUT2D eigenvalue weighted by molar-refractivity contribution is 5.55. The lowest BCUT2D eigenvalue weighted by molar-refractivity contribution is 0.171. The third kappa shape index (κ3) is 2.22. The lowest BCUT2D eigenvalue weighted by Gasteiger charge is -2.09. The molecule has 0 amide bonds. The number of nitrogens with two attached hydrogens (primary N) is 1. The van der Waals surface area contributed by atoms with Crippen molar-refractivity contribution in [2.75, 3.05) is 13.9 Å². The standard InChI is InChI=1S/C12H17NO3/c1-8(13)3-4-9-5-10(14-2)12-11(6-9)15-7-16-12/h5-6,8H,3-4,7,13H2,1-2H3. The van der Waals surface area contributed by atoms with Crippen molar-refractivity contribution in [2.45, 2.75) is 25.8 Å². The Kier molecular flexibility index (Phi) is 3.19. The monoisotopic (exact) mass is 223 g/mol. The predicted molar refractivity (Wildman–Crippen MR) is 61.1 cm³/mol. The number of hydrogen-bond donors (Lipinski definition) is 1. The van der Waals surface area contributed by atoms with E-state index in [1.165, 1.54) is 5.56 Å². The Hall–Kier alpha value is -1.42. The smallest absolute Gasteiger partial charge is 0.231 e. The number of aryl methyl sites for hydroxylation is 1. The number of methoxy groups -OCH3 is 1. The minimum absolute atomic E-state index is 0.205. The number of rotatable bonds is 4. The fourth-order valence-electron chi connectivity index (χ4n) is 1.72. The van der Waals surface area contributed by atoms with Gasteiger partial charge in [-0.3, -0.25) is 0 Å². The molecule has 1 heterocycles. The molecule has 4 nitrogen and oxygen atoms in total. The minimum atomic E-state index is 0.205. The summed E-state index contributed by atoms with van der Waals surface area (Å²) in [5.41, 5.74) is 6.90. The van der Waals surface area contributed by atoms with Gasteiger partial charge < -0.3 is 19.9 Å². The first-order valence-electron chi connectivity index (χ1n) is 5.43. The molecule has 0 saturated heterocycles. The third-order valence-electron chi connectivity index (χ3n) is 2.61. The lowest BCUT2D eigenvalue weighted by Crippen LogP contribution is -2.15. The Bertz CT molecular complexity index is 377. The van der Waals surface area contributed by atoms with Crippen LogP contribution in [0.1, 0.15) is 18.9 Å². The molecule has 88 valence electrons. The normalized spacial score (nSPS) is 14.9. The van der Waals surface area contributed by atoms with Crippen LogP contribution in [0.4, 0.5) is 0 Å². The Morgan fingerprint density at radius 2 is 2.25 bits per heavy atom.